The summed E-state index contributed by atoms with van der Waals surface area (Å²) >= 11 is 0. The summed E-state index contributed by atoms with van der Waals surface area (Å²) in [6.45, 7) is 3.25. The Morgan fingerprint density at radius 2 is 2.35 bits per heavy atom. The highest BCUT2D eigenvalue weighted by Crippen LogP contribution is 2.33. The van der Waals surface area contributed by atoms with E-state index in [-0.39, 0.29) is 18.1 Å². The lowest BCUT2D eigenvalue weighted by Crippen LogP contribution is -2.42. The van der Waals surface area contributed by atoms with Gasteiger partial charge in [-0.05, 0) is 37.4 Å². The largest absolute Gasteiger partial charge is 0.364 e. The maximum absolute atomic E-state index is 12.4. The number of rotatable bonds is 5. The topological polar surface area (TPSA) is 72.3 Å². The van der Waals surface area contributed by atoms with Crippen LogP contribution in [0.25, 0.3) is 0 Å². The molecule has 0 aromatic carbocycles. The predicted octanol–water partition coefficient (Wildman–Crippen LogP) is 1.11. The molecule has 0 saturated carbocycles. The molecule has 3 atom stereocenters. The van der Waals surface area contributed by atoms with Crippen LogP contribution in [0.5, 0.6) is 0 Å². The van der Waals surface area contributed by atoms with Gasteiger partial charge in [0.1, 0.15) is 6.10 Å². The van der Waals surface area contributed by atoms with Crippen LogP contribution in [-0.4, -0.2) is 50.9 Å². The van der Waals surface area contributed by atoms with Gasteiger partial charge in [-0.25, -0.2) is 0 Å². The highest BCUT2D eigenvalue weighted by Gasteiger charge is 2.41. The van der Waals surface area contributed by atoms with Crippen molar-refractivity contribution >= 4 is 5.91 Å². The Balaban J connectivity index is 1.28. The summed E-state index contributed by atoms with van der Waals surface area (Å²) in [6, 6.07) is 5.70. The highest BCUT2D eigenvalue weighted by atomic mass is 16.5. The normalized spacial score (nSPS) is 25.8. The monoisotopic (exact) mass is 355 g/mol. The van der Waals surface area contributed by atoms with Gasteiger partial charge < -0.3 is 10.1 Å². The molecule has 26 heavy (non-hydrogen) atoms. The van der Waals surface area contributed by atoms with Gasteiger partial charge in [0.15, 0.2) is 0 Å². The van der Waals surface area contributed by atoms with Crippen LogP contribution in [0.2, 0.25) is 0 Å². The van der Waals surface area contributed by atoms with Gasteiger partial charge in [0.05, 0.1) is 24.5 Å². The van der Waals surface area contributed by atoms with E-state index in [1.807, 2.05) is 36.1 Å². The maximum Gasteiger partial charge on any atom is 0.249 e. The zero-order chi connectivity index (χ0) is 17.9. The number of ether oxygens (including phenoxy) is 1. The first-order valence-electron chi connectivity index (χ1n) is 9.20. The third-order valence-electron chi connectivity index (χ3n) is 5.26. The minimum absolute atomic E-state index is 0.0242. The molecule has 1 N–H and O–H groups in total. The molecular formula is C19H25N5O2. The summed E-state index contributed by atoms with van der Waals surface area (Å²) in [6.07, 6.45) is 7.40. The number of amides is 1. The second-order valence-corrected chi connectivity index (χ2v) is 7.24. The van der Waals surface area contributed by atoms with E-state index < -0.39 is 0 Å². The molecule has 2 aromatic rings. The zero-order valence-corrected chi connectivity index (χ0v) is 15.0. The van der Waals surface area contributed by atoms with Gasteiger partial charge in [0.2, 0.25) is 5.91 Å². The zero-order valence-electron chi connectivity index (χ0n) is 15.0. The lowest BCUT2D eigenvalue weighted by Gasteiger charge is -2.33. The standard InChI is InChI=1S/C19H25N5O2/c1-23-11-14(9-22-23)12-24-7-5-15-8-17(26-18(15)13-24)19(25)21-10-16-4-2-3-6-20-16/h2-4,6,9,11,15,17-18H,5,7-8,10,12-13H2,1H3,(H,21,25)/t15-,17+,18+/m0/s1. The van der Waals surface area contributed by atoms with Crippen LogP contribution in [0, 0.1) is 5.92 Å². The summed E-state index contributed by atoms with van der Waals surface area (Å²) < 4.78 is 7.92. The van der Waals surface area contributed by atoms with Gasteiger partial charge in [-0.1, -0.05) is 6.07 Å². The number of likely N-dealkylation sites (tertiary alicyclic amines) is 1. The average molecular weight is 355 g/mol. The fourth-order valence-electron chi connectivity index (χ4n) is 3.91. The van der Waals surface area contributed by atoms with Gasteiger partial charge in [0, 0.05) is 38.1 Å². The average Bonchev–Trinajstić information content (AvgIpc) is 3.26. The first kappa shape index (κ1) is 17.2. The van der Waals surface area contributed by atoms with E-state index in [4.69, 9.17) is 4.74 Å². The van der Waals surface area contributed by atoms with Gasteiger partial charge in [-0.15, -0.1) is 0 Å². The number of nitrogens with zero attached hydrogens (tertiary/aromatic N) is 4. The SMILES string of the molecule is Cn1cc(CN2CC[C@H]3C[C@H](C(=O)NCc4ccccn4)O[C@@H]3C2)cn1. The molecule has 0 bridgehead atoms. The van der Waals surface area contributed by atoms with Gasteiger partial charge in [-0.2, -0.15) is 5.10 Å². The van der Waals surface area contributed by atoms with E-state index in [0.29, 0.717) is 12.5 Å². The first-order chi connectivity index (χ1) is 12.7. The Bertz CT molecular complexity index is 747. The Morgan fingerprint density at radius 3 is 3.12 bits per heavy atom. The number of nitrogens with one attached hydrogen (secondary N) is 1. The van der Waals surface area contributed by atoms with Crippen LogP contribution in [0.15, 0.2) is 36.8 Å². The Kier molecular flexibility index (Phi) is 4.99. The summed E-state index contributed by atoms with van der Waals surface area (Å²) in [5.74, 6) is 0.453. The van der Waals surface area contributed by atoms with E-state index in [9.17, 15) is 4.79 Å². The molecule has 7 nitrogen and oxygen atoms in total. The van der Waals surface area contributed by atoms with Crippen LogP contribution < -0.4 is 5.32 Å². The minimum Gasteiger partial charge on any atom is -0.364 e. The van der Waals surface area contributed by atoms with Crippen molar-refractivity contribution in [3.63, 3.8) is 0 Å². The van der Waals surface area contributed by atoms with Crippen molar-refractivity contribution < 1.29 is 9.53 Å². The quantitative estimate of drug-likeness (QED) is 0.870. The van der Waals surface area contributed by atoms with Crippen LogP contribution >= 0.6 is 0 Å². The summed E-state index contributed by atoms with van der Waals surface area (Å²) in [5.41, 5.74) is 2.08. The molecule has 2 saturated heterocycles. The number of pyridine rings is 1. The number of piperidine rings is 1. The molecule has 0 unspecified atom stereocenters. The Labute approximate surface area is 153 Å². The Morgan fingerprint density at radius 1 is 1.42 bits per heavy atom. The second-order valence-electron chi connectivity index (χ2n) is 7.24. The molecule has 0 spiro atoms. The van der Waals surface area contributed by atoms with E-state index in [2.05, 4.69) is 26.5 Å². The van der Waals surface area contributed by atoms with Crippen molar-refractivity contribution in [1.29, 1.82) is 0 Å². The third-order valence-corrected chi connectivity index (χ3v) is 5.26. The molecule has 7 heteroatoms. The molecule has 0 radical (unpaired) electrons. The van der Waals surface area contributed by atoms with Crippen molar-refractivity contribution in [2.45, 2.75) is 38.1 Å². The van der Waals surface area contributed by atoms with Gasteiger partial charge in [0.25, 0.3) is 0 Å². The highest BCUT2D eigenvalue weighted by molar-refractivity contribution is 5.81. The molecular weight excluding hydrogens is 330 g/mol. The van der Waals surface area contributed by atoms with Crippen molar-refractivity contribution in [2.24, 2.45) is 13.0 Å². The van der Waals surface area contributed by atoms with Gasteiger partial charge >= 0.3 is 0 Å². The molecule has 2 fully saturated rings. The number of hydrogen-bond acceptors (Lipinski definition) is 5. The Hall–Kier alpha value is -2.25. The van der Waals surface area contributed by atoms with Crippen LogP contribution in [0.4, 0.5) is 0 Å². The van der Waals surface area contributed by atoms with Crippen molar-refractivity contribution in [1.82, 2.24) is 25.0 Å². The number of hydrogen-bond donors (Lipinski definition) is 1. The predicted molar refractivity (Wildman–Crippen MR) is 96.0 cm³/mol. The number of fused-ring (bicyclic) bond motifs is 1. The van der Waals surface area contributed by atoms with Crippen LogP contribution in [0.1, 0.15) is 24.1 Å². The molecule has 0 aliphatic carbocycles. The lowest BCUT2D eigenvalue weighted by atomic mass is 9.91. The van der Waals surface area contributed by atoms with Crippen LogP contribution in [-0.2, 0) is 29.7 Å². The fourth-order valence-corrected chi connectivity index (χ4v) is 3.91. The van der Waals surface area contributed by atoms with Gasteiger partial charge in [-0.3, -0.25) is 19.4 Å². The summed E-state index contributed by atoms with van der Waals surface area (Å²) in [5, 5.41) is 7.18. The molecule has 138 valence electrons. The molecule has 2 aliphatic heterocycles. The molecule has 4 rings (SSSR count). The van der Waals surface area contributed by atoms with E-state index in [0.717, 1.165) is 38.2 Å². The smallest absolute Gasteiger partial charge is 0.249 e. The van der Waals surface area contributed by atoms with E-state index in [1.54, 1.807) is 6.20 Å². The minimum atomic E-state index is -0.341. The van der Waals surface area contributed by atoms with Crippen molar-refractivity contribution in [3.8, 4) is 0 Å². The molecule has 1 amide bonds. The van der Waals surface area contributed by atoms with Crippen molar-refractivity contribution in [2.75, 3.05) is 13.1 Å². The van der Waals surface area contributed by atoms with Crippen molar-refractivity contribution in [3.05, 3.63) is 48.0 Å². The first-order valence-corrected chi connectivity index (χ1v) is 9.20. The maximum atomic E-state index is 12.4. The number of aromatic nitrogens is 3. The molecule has 2 aromatic heterocycles. The number of carbonyl (C=O) groups is 1. The summed E-state index contributed by atoms with van der Waals surface area (Å²) in [4.78, 5) is 19.1. The second kappa shape index (κ2) is 7.55. The molecule has 4 heterocycles. The van der Waals surface area contributed by atoms with E-state index >= 15 is 0 Å². The number of aryl methyl sites for hydroxylation is 1. The van der Waals surface area contributed by atoms with E-state index in [1.165, 1.54) is 5.56 Å². The van der Waals surface area contributed by atoms with Crippen LogP contribution in [0.3, 0.4) is 0 Å². The third kappa shape index (κ3) is 3.94. The molecule has 2 aliphatic rings. The lowest BCUT2D eigenvalue weighted by molar-refractivity contribution is -0.133. The fraction of sp³-hybridized carbons (Fsp3) is 0.526. The number of carbonyl (C=O) groups excluding carboxylic acids is 1. The summed E-state index contributed by atoms with van der Waals surface area (Å²) in [7, 11) is 1.93.